The van der Waals surface area contributed by atoms with E-state index in [2.05, 4.69) is 39.9 Å². The van der Waals surface area contributed by atoms with E-state index in [-0.39, 0.29) is 25.6 Å². The SMILES string of the molecule is CC(C)(CNC(=O)c1ccnc(CNC(=O)OCC2c3ccccc3-c3ccccc32)c1)C(=O)O. The van der Waals surface area contributed by atoms with Gasteiger partial charge in [0.25, 0.3) is 5.91 Å². The first kappa shape index (κ1) is 23.9. The van der Waals surface area contributed by atoms with Gasteiger partial charge in [-0.2, -0.15) is 0 Å². The summed E-state index contributed by atoms with van der Waals surface area (Å²) in [5.41, 5.74) is 4.29. The molecule has 3 aromatic rings. The predicted molar refractivity (Wildman–Crippen MR) is 130 cm³/mol. The van der Waals surface area contributed by atoms with Gasteiger partial charge in [-0.3, -0.25) is 14.6 Å². The molecule has 1 aliphatic carbocycles. The third-order valence-corrected chi connectivity index (χ3v) is 6.11. The largest absolute Gasteiger partial charge is 0.481 e. The van der Waals surface area contributed by atoms with Crippen LogP contribution in [0.25, 0.3) is 11.1 Å². The van der Waals surface area contributed by atoms with E-state index in [1.807, 2.05) is 24.3 Å². The molecule has 0 aliphatic heterocycles. The minimum absolute atomic E-state index is 0.0170. The Labute approximate surface area is 203 Å². The van der Waals surface area contributed by atoms with Crippen molar-refractivity contribution in [1.29, 1.82) is 0 Å². The lowest BCUT2D eigenvalue weighted by molar-refractivity contribution is -0.146. The Morgan fingerprint density at radius 2 is 1.60 bits per heavy atom. The van der Waals surface area contributed by atoms with Crippen molar-refractivity contribution in [3.8, 4) is 11.1 Å². The van der Waals surface area contributed by atoms with Crippen molar-refractivity contribution in [2.24, 2.45) is 5.41 Å². The minimum Gasteiger partial charge on any atom is -0.481 e. The van der Waals surface area contributed by atoms with Crippen LogP contribution in [0.3, 0.4) is 0 Å². The third kappa shape index (κ3) is 5.32. The van der Waals surface area contributed by atoms with E-state index in [9.17, 15) is 19.5 Å². The number of nitrogens with one attached hydrogen (secondary N) is 2. The van der Waals surface area contributed by atoms with Gasteiger partial charge < -0.3 is 20.5 Å². The number of carboxylic acid groups (broad SMARTS) is 1. The number of amides is 2. The van der Waals surface area contributed by atoms with Gasteiger partial charge in [0.05, 0.1) is 17.7 Å². The number of aromatic nitrogens is 1. The summed E-state index contributed by atoms with van der Waals surface area (Å²) < 4.78 is 5.52. The normalized spacial score (nSPS) is 12.4. The second kappa shape index (κ2) is 9.97. The standard InChI is InChI=1S/C27H27N3O5/c1-27(2,25(32)33)16-30-24(31)17-11-12-28-18(13-17)14-29-26(34)35-15-23-21-9-5-3-7-19(21)20-8-4-6-10-22(20)23/h3-13,23H,14-16H2,1-2H3,(H,29,34)(H,30,31)(H,32,33). The van der Waals surface area contributed by atoms with E-state index < -0.39 is 23.4 Å². The number of aliphatic carboxylic acids is 1. The number of nitrogens with zero attached hydrogens (tertiary/aromatic N) is 1. The van der Waals surface area contributed by atoms with Crippen molar-refractivity contribution in [3.63, 3.8) is 0 Å². The molecular weight excluding hydrogens is 446 g/mol. The zero-order valence-corrected chi connectivity index (χ0v) is 19.6. The maximum atomic E-state index is 12.4. The Kier molecular flexibility index (Phi) is 6.82. The first-order chi connectivity index (χ1) is 16.8. The Morgan fingerprint density at radius 3 is 2.23 bits per heavy atom. The van der Waals surface area contributed by atoms with Gasteiger partial charge in [-0.05, 0) is 48.2 Å². The quantitative estimate of drug-likeness (QED) is 0.456. The Bertz CT molecular complexity index is 1230. The first-order valence-electron chi connectivity index (χ1n) is 11.3. The highest BCUT2D eigenvalue weighted by atomic mass is 16.5. The summed E-state index contributed by atoms with van der Waals surface area (Å²) in [5.74, 6) is -1.45. The number of fused-ring (bicyclic) bond motifs is 3. The summed E-state index contributed by atoms with van der Waals surface area (Å²) in [5, 5.41) is 14.5. The third-order valence-electron chi connectivity index (χ3n) is 6.11. The molecule has 0 fully saturated rings. The van der Waals surface area contributed by atoms with Crippen LogP contribution in [0.5, 0.6) is 0 Å². The van der Waals surface area contributed by atoms with Crippen molar-refractivity contribution >= 4 is 18.0 Å². The zero-order chi connectivity index (χ0) is 25.0. The van der Waals surface area contributed by atoms with Crippen LogP contribution in [0, 0.1) is 5.41 Å². The van der Waals surface area contributed by atoms with Gasteiger partial charge in [-0.15, -0.1) is 0 Å². The summed E-state index contributed by atoms with van der Waals surface area (Å²) in [7, 11) is 0. The number of hydrogen-bond acceptors (Lipinski definition) is 5. The van der Waals surface area contributed by atoms with Crippen LogP contribution < -0.4 is 10.6 Å². The molecule has 0 unspecified atom stereocenters. The monoisotopic (exact) mass is 473 g/mol. The molecule has 3 N–H and O–H groups in total. The number of rotatable bonds is 8. The fourth-order valence-electron chi connectivity index (χ4n) is 4.01. The van der Waals surface area contributed by atoms with Gasteiger partial charge in [-0.1, -0.05) is 48.5 Å². The predicted octanol–water partition coefficient (Wildman–Crippen LogP) is 3.96. The van der Waals surface area contributed by atoms with Crippen LogP contribution in [0.15, 0.2) is 66.9 Å². The molecule has 4 rings (SSSR count). The van der Waals surface area contributed by atoms with E-state index in [0.29, 0.717) is 11.3 Å². The number of ether oxygens (including phenoxy) is 1. The lowest BCUT2D eigenvalue weighted by Gasteiger charge is -2.19. The fraction of sp³-hybridized carbons (Fsp3) is 0.259. The highest BCUT2D eigenvalue weighted by Gasteiger charge is 2.29. The number of pyridine rings is 1. The van der Waals surface area contributed by atoms with E-state index >= 15 is 0 Å². The summed E-state index contributed by atoms with van der Waals surface area (Å²) in [6, 6.07) is 19.3. The Balaban J connectivity index is 1.32. The number of benzene rings is 2. The lowest BCUT2D eigenvalue weighted by Crippen LogP contribution is -2.39. The molecule has 2 amide bonds. The molecule has 0 radical (unpaired) electrons. The molecule has 180 valence electrons. The highest BCUT2D eigenvalue weighted by Crippen LogP contribution is 2.44. The van der Waals surface area contributed by atoms with Crippen LogP contribution in [0.1, 0.15) is 46.9 Å². The number of hydrogen-bond donors (Lipinski definition) is 3. The number of alkyl carbamates (subject to hydrolysis) is 1. The summed E-state index contributed by atoms with van der Waals surface area (Å²) in [6.07, 6.45) is 0.887. The molecule has 1 aliphatic rings. The molecule has 0 atom stereocenters. The molecule has 2 aromatic carbocycles. The van der Waals surface area contributed by atoms with Gasteiger partial charge >= 0.3 is 12.1 Å². The van der Waals surface area contributed by atoms with Crippen LogP contribution in [-0.2, 0) is 16.1 Å². The molecule has 35 heavy (non-hydrogen) atoms. The van der Waals surface area contributed by atoms with E-state index in [4.69, 9.17) is 4.74 Å². The smallest absolute Gasteiger partial charge is 0.407 e. The Hall–Kier alpha value is -4.20. The highest BCUT2D eigenvalue weighted by molar-refractivity contribution is 5.94. The average Bonchev–Trinajstić information content (AvgIpc) is 3.18. The van der Waals surface area contributed by atoms with Gasteiger partial charge in [-0.25, -0.2) is 4.79 Å². The van der Waals surface area contributed by atoms with Crippen LogP contribution in [0.4, 0.5) is 4.79 Å². The van der Waals surface area contributed by atoms with Crippen molar-refractivity contribution in [2.45, 2.75) is 26.3 Å². The van der Waals surface area contributed by atoms with Gasteiger partial charge in [0.15, 0.2) is 0 Å². The van der Waals surface area contributed by atoms with E-state index in [0.717, 1.165) is 22.3 Å². The maximum absolute atomic E-state index is 12.4. The summed E-state index contributed by atoms with van der Waals surface area (Å²) in [4.78, 5) is 40.2. The molecule has 0 spiro atoms. The van der Waals surface area contributed by atoms with Gasteiger partial charge in [0.2, 0.25) is 0 Å². The average molecular weight is 474 g/mol. The summed E-state index contributed by atoms with van der Waals surface area (Å²) in [6.45, 7) is 3.34. The lowest BCUT2D eigenvalue weighted by atomic mass is 9.94. The number of carbonyl (C=O) groups excluding carboxylic acids is 2. The van der Waals surface area contributed by atoms with Crippen molar-refractivity contribution < 1.29 is 24.2 Å². The fourth-order valence-corrected chi connectivity index (χ4v) is 4.01. The molecule has 8 heteroatoms. The maximum Gasteiger partial charge on any atom is 0.407 e. The second-order valence-electron chi connectivity index (χ2n) is 9.09. The van der Waals surface area contributed by atoms with Crippen molar-refractivity contribution in [1.82, 2.24) is 15.6 Å². The second-order valence-corrected chi connectivity index (χ2v) is 9.09. The van der Waals surface area contributed by atoms with E-state index in [1.165, 1.54) is 26.1 Å². The molecule has 0 saturated carbocycles. The molecule has 1 aromatic heterocycles. The number of carbonyl (C=O) groups is 3. The molecule has 0 saturated heterocycles. The zero-order valence-electron chi connectivity index (χ0n) is 19.6. The Morgan fingerprint density at radius 1 is 0.971 bits per heavy atom. The van der Waals surface area contributed by atoms with Gasteiger partial charge in [0.1, 0.15) is 6.61 Å². The van der Waals surface area contributed by atoms with Crippen LogP contribution in [-0.4, -0.2) is 41.2 Å². The molecule has 0 bridgehead atoms. The van der Waals surface area contributed by atoms with Crippen LogP contribution >= 0.6 is 0 Å². The first-order valence-corrected chi connectivity index (χ1v) is 11.3. The molecule has 1 heterocycles. The number of carboxylic acids is 1. The van der Waals surface area contributed by atoms with E-state index in [1.54, 1.807) is 6.07 Å². The molecular formula is C27H27N3O5. The van der Waals surface area contributed by atoms with Crippen molar-refractivity contribution in [3.05, 3.63) is 89.2 Å². The molecule has 8 nitrogen and oxygen atoms in total. The van der Waals surface area contributed by atoms with Crippen LogP contribution in [0.2, 0.25) is 0 Å². The summed E-state index contributed by atoms with van der Waals surface area (Å²) >= 11 is 0. The minimum atomic E-state index is -1.09. The van der Waals surface area contributed by atoms with Gasteiger partial charge in [0, 0.05) is 24.2 Å². The van der Waals surface area contributed by atoms with Crippen molar-refractivity contribution in [2.75, 3.05) is 13.2 Å². The topological polar surface area (TPSA) is 118 Å².